The van der Waals surface area contributed by atoms with Gasteiger partial charge in [-0.05, 0) is 62.1 Å². The zero-order valence-corrected chi connectivity index (χ0v) is 16.5. The van der Waals surface area contributed by atoms with E-state index in [1.807, 2.05) is 43.0 Å². The third-order valence-corrected chi connectivity index (χ3v) is 5.34. The van der Waals surface area contributed by atoms with Gasteiger partial charge in [0.2, 0.25) is 11.8 Å². The molecule has 0 bridgehead atoms. The summed E-state index contributed by atoms with van der Waals surface area (Å²) in [6, 6.07) is 14.1. The van der Waals surface area contributed by atoms with Gasteiger partial charge < -0.3 is 9.80 Å². The van der Waals surface area contributed by atoms with E-state index in [2.05, 4.69) is 0 Å². The van der Waals surface area contributed by atoms with Crippen LogP contribution in [0.25, 0.3) is 0 Å². The molecule has 2 amide bonds. The molecule has 0 spiro atoms. The van der Waals surface area contributed by atoms with Crippen LogP contribution in [-0.4, -0.2) is 36.3 Å². The second-order valence-electron chi connectivity index (χ2n) is 7.38. The van der Waals surface area contributed by atoms with E-state index in [1.165, 1.54) is 12.1 Å². The van der Waals surface area contributed by atoms with Crippen LogP contribution in [0.2, 0.25) is 0 Å². The smallest absolute Gasteiger partial charge is 0.230 e. The molecule has 3 rings (SSSR count). The number of amides is 2. The zero-order chi connectivity index (χ0) is 20.1. The lowest BCUT2D eigenvalue weighted by Gasteiger charge is -2.34. The van der Waals surface area contributed by atoms with Gasteiger partial charge in [0, 0.05) is 31.2 Å². The van der Waals surface area contributed by atoms with Gasteiger partial charge in [-0.25, -0.2) is 4.39 Å². The highest BCUT2D eigenvalue weighted by Gasteiger charge is 2.30. The standard InChI is InChI=1S/C23H27FN2O2/c1-3-26(21-9-4-6-17(2)14-21)23(28)19-10-12-25(13-11-19)22(27)16-18-7-5-8-20(24)15-18/h4-9,14-15,19H,3,10-13,16H2,1-2H3. The van der Waals surface area contributed by atoms with Crippen molar-refractivity contribution in [1.82, 2.24) is 4.90 Å². The van der Waals surface area contributed by atoms with E-state index in [-0.39, 0.29) is 30.0 Å². The SMILES string of the molecule is CCN(C(=O)C1CCN(C(=O)Cc2cccc(F)c2)CC1)c1cccc(C)c1. The van der Waals surface area contributed by atoms with Crippen molar-refractivity contribution in [2.24, 2.45) is 5.92 Å². The molecule has 4 nitrogen and oxygen atoms in total. The molecule has 0 aliphatic carbocycles. The van der Waals surface area contributed by atoms with E-state index in [0.29, 0.717) is 38.0 Å². The van der Waals surface area contributed by atoms with Gasteiger partial charge in [0.15, 0.2) is 0 Å². The number of benzene rings is 2. The second-order valence-corrected chi connectivity index (χ2v) is 7.38. The number of hydrogen-bond donors (Lipinski definition) is 0. The third-order valence-electron chi connectivity index (χ3n) is 5.34. The summed E-state index contributed by atoms with van der Waals surface area (Å²) in [4.78, 5) is 29.2. The lowest BCUT2D eigenvalue weighted by atomic mass is 9.94. The molecule has 0 N–H and O–H groups in total. The van der Waals surface area contributed by atoms with Crippen molar-refractivity contribution in [2.75, 3.05) is 24.5 Å². The summed E-state index contributed by atoms with van der Waals surface area (Å²) >= 11 is 0. The van der Waals surface area contributed by atoms with Crippen LogP contribution in [0.15, 0.2) is 48.5 Å². The first kappa shape index (κ1) is 20.1. The molecule has 1 heterocycles. The van der Waals surface area contributed by atoms with Crippen molar-refractivity contribution in [3.05, 3.63) is 65.5 Å². The Morgan fingerprint density at radius 3 is 2.46 bits per heavy atom. The van der Waals surface area contributed by atoms with Crippen molar-refractivity contribution in [3.8, 4) is 0 Å². The van der Waals surface area contributed by atoms with Crippen molar-refractivity contribution in [1.29, 1.82) is 0 Å². The molecule has 148 valence electrons. The highest BCUT2D eigenvalue weighted by Crippen LogP contribution is 2.24. The molecule has 5 heteroatoms. The Balaban J connectivity index is 1.58. The molecule has 0 aromatic heterocycles. The number of carbonyl (C=O) groups is 2. The van der Waals surface area contributed by atoms with Crippen LogP contribution in [0.3, 0.4) is 0 Å². The van der Waals surface area contributed by atoms with Crippen molar-refractivity contribution < 1.29 is 14.0 Å². The average molecular weight is 382 g/mol. The molecule has 0 unspecified atom stereocenters. The van der Waals surface area contributed by atoms with Gasteiger partial charge in [0.25, 0.3) is 0 Å². The molecule has 1 saturated heterocycles. The van der Waals surface area contributed by atoms with Crippen LogP contribution in [0.1, 0.15) is 30.9 Å². The van der Waals surface area contributed by atoms with Gasteiger partial charge in [0.05, 0.1) is 6.42 Å². The minimum Gasteiger partial charge on any atom is -0.342 e. The van der Waals surface area contributed by atoms with Gasteiger partial charge >= 0.3 is 0 Å². The Morgan fingerprint density at radius 2 is 1.82 bits per heavy atom. The molecule has 0 atom stereocenters. The number of rotatable bonds is 5. The first-order chi connectivity index (χ1) is 13.5. The fraction of sp³-hybridized carbons (Fsp3) is 0.391. The van der Waals surface area contributed by atoms with Crippen LogP contribution in [-0.2, 0) is 16.0 Å². The second kappa shape index (κ2) is 9.00. The Bertz CT molecular complexity index is 844. The van der Waals surface area contributed by atoms with Crippen molar-refractivity contribution >= 4 is 17.5 Å². The Kier molecular flexibility index (Phi) is 6.45. The van der Waals surface area contributed by atoms with Gasteiger partial charge in [0.1, 0.15) is 5.82 Å². The number of halogens is 1. The van der Waals surface area contributed by atoms with E-state index in [1.54, 1.807) is 17.0 Å². The minimum absolute atomic E-state index is 0.0115. The summed E-state index contributed by atoms with van der Waals surface area (Å²) in [5, 5.41) is 0. The molecule has 0 radical (unpaired) electrons. The molecule has 0 saturated carbocycles. The van der Waals surface area contributed by atoms with Gasteiger partial charge in [-0.1, -0.05) is 24.3 Å². The first-order valence-corrected chi connectivity index (χ1v) is 9.88. The van der Waals surface area contributed by atoms with Gasteiger partial charge in [-0.15, -0.1) is 0 Å². The largest absolute Gasteiger partial charge is 0.342 e. The van der Waals surface area contributed by atoms with E-state index in [0.717, 1.165) is 11.3 Å². The summed E-state index contributed by atoms with van der Waals surface area (Å²) < 4.78 is 13.3. The van der Waals surface area contributed by atoms with Crippen molar-refractivity contribution in [3.63, 3.8) is 0 Å². The van der Waals surface area contributed by atoms with E-state index >= 15 is 0 Å². The van der Waals surface area contributed by atoms with Crippen LogP contribution < -0.4 is 4.90 Å². The van der Waals surface area contributed by atoms with Gasteiger partial charge in [-0.2, -0.15) is 0 Å². The van der Waals surface area contributed by atoms with E-state index in [9.17, 15) is 14.0 Å². The summed E-state index contributed by atoms with van der Waals surface area (Å²) in [5.41, 5.74) is 2.73. The number of nitrogens with zero attached hydrogens (tertiary/aromatic N) is 2. The number of piperidine rings is 1. The summed E-state index contributed by atoms with van der Waals surface area (Å²) in [6.45, 7) is 5.76. The summed E-state index contributed by atoms with van der Waals surface area (Å²) in [5.74, 6) is -0.281. The highest BCUT2D eigenvalue weighted by atomic mass is 19.1. The molecule has 2 aromatic rings. The number of hydrogen-bond acceptors (Lipinski definition) is 2. The van der Waals surface area contributed by atoms with Gasteiger partial charge in [-0.3, -0.25) is 9.59 Å². The lowest BCUT2D eigenvalue weighted by molar-refractivity contribution is -0.134. The number of likely N-dealkylation sites (tertiary alicyclic amines) is 1. The fourth-order valence-electron chi connectivity index (χ4n) is 3.79. The molecule has 1 aliphatic heterocycles. The van der Waals surface area contributed by atoms with Crippen LogP contribution in [0, 0.1) is 18.7 Å². The van der Waals surface area contributed by atoms with E-state index < -0.39 is 0 Å². The molecule has 1 fully saturated rings. The number of anilines is 1. The third kappa shape index (κ3) is 4.77. The Morgan fingerprint density at radius 1 is 1.11 bits per heavy atom. The predicted octanol–water partition coefficient (Wildman–Crippen LogP) is 3.97. The maximum Gasteiger partial charge on any atom is 0.230 e. The fourth-order valence-corrected chi connectivity index (χ4v) is 3.79. The maximum absolute atomic E-state index is 13.3. The normalized spacial score (nSPS) is 14.8. The lowest BCUT2D eigenvalue weighted by Crippen LogP contribution is -2.45. The van der Waals surface area contributed by atoms with Crippen LogP contribution in [0.5, 0.6) is 0 Å². The van der Waals surface area contributed by atoms with E-state index in [4.69, 9.17) is 0 Å². The number of aryl methyl sites for hydroxylation is 1. The molecule has 2 aromatic carbocycles. The number of carbonyl (C=O) groups excluding carboxylic acids is 2. The maximum atomic E-state index is 13.3. The topological polar surface area (TPSA) is 40.6 Å². The minimum atomic E-state index is -0.328. The monoisotopic (exact) mass is 382 g/mol. The Labute approximate surface area is 166 Å². The molecular weight excluding hydrogens is 355 g/mol. The predicted molar refractivity (Wildman–Crippen MR) is 109 cm³/mol. The Hall–Kier alpha value is -2.69. The molecular formula is C23H27FN2O2. The zero-order valence-electron chi connectivity index (χ0n) is 16.5. The molecule has 1 aliphatic rings. The quantitative estimate of drug-likeness (QED) is 0.785. The summed E-state index contributed by atoms with van der Waals surface area (Å²) in [6.07, 6.45) is 1.52. The average Bonchev–Trinajstić information content (AvgIpc) is 2.68. The van der Waals surface area contributed by atoms with Crippen LogP contribution in [0.4, 0.5) is 10.1 Å². The van der Waals surface area contributed by atoms with Crippen molar-refractivity contribution in [2.45, 2.75) is 33.1 Å². The first-order valence-electron chi connectivity index (χ1n) is 9.88. The van der Waals surface area contributed by atoms with Crippen LogP contribution >= 0.6 is 0 Å². The summed E-state index contributed by atoms with van der Waals surface area (Å²) in [7, 11) is 0. The molecule has 28 heavy (non-hydrogen) atoms. The highest BCUT2D eigenvalue weighted by molar-refractivity contribution is 5.95.